The van der Waals surface area contributed by atoms with Gasteiger partial charge in [0.25, 0.3) is 0 Å². The van der Waals surface area contributed by atoms with Crippen LogP contribution in [0.2, 0.25) is 0 Å². The molecule has 0 saturated heterocycles. The third kappa shape index (κ3) is 6.36. The number of hydrogen-bond acceptors (Lipinski definition) is 2. The monoisotopic (exact) mass is 355 g/mol. The fourth-order valence-corrected chi connectivity index (χ4v) is 3.43. The molecule has 0 heterocycles. The van der Waals surface area contributed by atoms with Gasteiger partial charge in [-0.15, -0.1) is 0 Å². The topological polar surface area (TPSA) is 29.5 Å². The van der Waals surface area contributed by atoms with Crippen LogP contribution in [0.1, 0.15) is 57.4 Å². The van der Waals surface area contributed by atoms with Gasteiger partial charge < -0.3 is 9.64 Å². The standard InChI is InChI=1S/C23H33NO2/c1-4-6-7-8-19-9-11-20(12-10-19)21-13-15-22(16-14-21)26-18-17-24(3)23(25)5-2/h5,11,13-16,19H,2,4,6-10,12,17-18H2,1,3H3. The van der Waals surface area contributed by atoms with Crippen molar-refractivity contribution in [3.63, 3.8) is 0 Å². The summed E-state index contributed by atoms with van der Waals surface area (Å²) in [6, 6.07) is 8.35. The molecule has 0 radical (unpaired) electrons. The van der Waals surface area contributed by atoms with E-state index < -0.39 is 0 Å². The number of amides is 1. The zero-order valence-corrected chi connectivity index (χ0v) is 16.4. The summed E-state index contributed by atoms with van der Waals surface area (Å²) in [5.41, 5.74) is 2.78. The summed E-state index contributed by atoms with van der Waals surface area (Å²) in [6.07, 6.45) is 12.9. The summed E-state index contributed by atoms with van der Waals surface area (Å²) in [6.45, 7) is 6.79. The van der Waals surface area contributed by atoms with Crippen molar-refractivity contribution >= 4 is 11.5 Å². The molecule has 3 nitrogen and oxygen atoms in total. The van der Waals surface area contributed by atoms with E-state index in [1.807, 2.05) is 12.1 Å². The molecule has 0 N–H and O–H groups in total. The Morgan fingerprint density at radius 2 is 2.08 bits per heavy atom. The zero-order chi connectivity index (χ0) is 18.8. The van der Waals surface area contributed by atoms with Crippen molar-refractivity contribution in [2.24, 2.45) is 5.92 Å². The maximum Gasteiger partial charge on any atom is 0.245 e. The molecule has 2 rings (SSSR count). The number of ether oxygens (including phenoxy) is 1. The molecule has 1 aromatic carbocycles. The van der Waals surface area contributed by atoms with Gasteiger partial charge in [-0.05, 0) is 54.5 Å². The molecule has 1 unspecified atom stereocenters. The molecule has 142 valence electrons. The Morgan fingerprint density at radius 1 is 1.31 bits per heavy atom. The maximum atomic E-state index is 11.4. The van der Waals surface area contributed by atoms with E-state index in [1.165, 1.54) is 62.2 Å². The highest BCUT2D eigenvalue weighted by Gasteiger charge is 2.15. The van der Waals surface area contributed by atoms with Crippen LogP contribution in [0.3, 0.4) is 0 Å². The van der Waals surface area contributed by atoms with Crippen LogP contribution in [-0.2, 0) is 4.79 Å². The lowest BCUT2D eigenvalue weighted by Gasteiger charge is -2.22. The van der Waals surface area contributed by atoms with Crippen LogP contribution in [0.4, 0.5) is 0 Å². The van der Waals surface area contributed by atoms with E-state index in [4.69, 9.17) is 4.74 Å². The van der Waals surface area contributed by atoms with Crippen LogP contribution in [0.15, 0.2) is 43.0 Å². The van der Waals surface area contributed by atoms with Gasteiger partial charge in [0.15, 0.2) is 0 Å². The molecule has 0 spiro atoms. The van der Waals surface area contributed by atoms with Crippen LogP contribution in [0.25, 0.3) is 5.57 Å². The van der Waals surface area contributed by atoms with Gasteiger partial charge >= 0.3 is 0 Å². The highest BCUT2D eigenvalue weighted by atomic mass is 16.5. The first-order chi connectivity index (χ1) is 12.6. The molecular formula is C23H33NO2. The third-order valence-electron chi connectivity index (χ3n) is 5.21. The van der Waals surface area contributed by atoms with E-state index in [-0.39, 0.29) is 5.91 Å². The molecule has 26 heavy (non-hydrogen) atoms. The minimum absolute atomic E-state index is 0.0822. The summed E-state index contributed by atoms with van der Waals surface area (Å²) >= 11 is 0. The van der Waals surface area contributed by atoms with Crippen LogP contribution in [0, 0.1) is 5.92 Å². The van der Waals surface area contributed by atoms with E-state index in [0.29, 0.717) is 13.2 Å². The lowest BCUT2D eigenvalue weighted by molar-refractivity contribution is -0.125. The predicted molar refractivity (Wildman–Crippen MR) is 109 cm³/mol. The highest BCUT2D eigenvalue weighted by molar-refractivity contribution is 5.86. The minimum atomic E-state index is -0.0822. The molecule has 0 fully saturated rings. The number of likely N-dealkylation sites (N-methyl/N-ethyl adjacent to an activating group) is 1. The second kappa shape index (κ2) is 10.8. The molecule has 0 aliphatic heterocycles. The first-order valence-electron chi connectivity index (χ1n) is 9.93. The number of rotatable bonds is 10. The van der Waals surface area contributed by atoms with E-state index in [2.05, 4.69) is 31.7 Å². The van der Waals surface area contributed by atoms with Gasteiger partial charge in [0.2, 0.25) is 5.91 Å². The Kier molecular flexibility index (Phi) is 8.46. The van der Waals surface area contributed by atoms with Crippen LogP contribution < -0.4 is 4.74 Å². The zero-order valence-electron chi connectivity index (χ0n) is 16.4. The lowest BCUT2D eigenvalue weighted by atomic mass is 9.84. The van der Waals surface area contributed by atoms with Gasteiger partial charge in [-0.1, -0.05) is 57.4 Å². The average Bonchev–Trinajstić information content (AvgIpc) is 2.68. The van der Waals surface area contributed by atoms with E-state index >= 15 is 0 Å². The summed E-state index contributed by atoms with van der Waals surface area (Å²) in [4.78, 5) is 13.0. The molecule has 0 saturated carbocycles. The van der Waals surface area contributed by atoms with Crippen molar-refractivity contribution in [3.05, 3.63) is 48.6 Å². The summed E-state index contributed by atoms with van der Waals surface area (Å²) in [5, 5.41) is 0. The SMILES string of the molecule is C=CC(=O)N(C)CCOc1ccc(C2=CCC(CCCCC)CC2)cc1. The molecule has 0 aromatic heterocycles. The summed E-state index contributed by atoms with van der Waals surface area (Å²) < 4.78 is 5.74. The smallest absolute Gasteiger partial charge is 0.245 e. The number of allylic oxidation sites excluding steroid dienone is 2. The lowest BCUT2D eigenvalue weighted by Crippen LogP contribution is -2.29. The number of carbonyl (C=O) groups is 1. The first-order valence-corrected chi connectivity index (χ1v) is 9.93. The third-order valence-corrected chi connectivity index (χ3v) is 5.21. The largest absolute Gasteiger partial charge is 0.492 e. The second-order valence-electron chi connectivity index (χ2n) is 7.20. The van der Waals surface area contributed by atoms with Crippen molar-refractivity contribution in [2.75, 3.05) is 20.2 Å². The van der Waals surface area contributed by atoms with Crippen LogP contribution in [-0.4, -0.2) is 31.0 Å². The normalized spacial score (nSPS) is 16.7. The number of nitrogens with zero attached hydrogens (tertiary/aromatic N) is 1. The molecule has 1 atom stereocenters. The van der Waals surface area contributed by atoms with Gasteiger partial charge in [-0.3, -0.25) is 4.79 Å². The molecule has 1 aromatic rings. The fraction of sp³-hybridized carbons (Fsp3) is 0.522. The van der Waals surface area contributed by atoms with Gasteiger partial charge in [0, 0.05) is 7.05 Å². The van der Waals surface area contributed by atoms with Crippen LogP contribution in [0.5, 0.6) is 5.75 Å². The second-order valence-corrected chi connectivity index (χ2v) is 7.20. The van der Waals surface area contributed by atoms with Gasteiger partial charge in [0.05, 0.1) is 6.54 Å². The first kappa shape index (κ1) is 20.3. The van der Waals surface area contributed by atoms with E-state index in [9.17, 15) is 4.79 Å². The van der Waals surface area contributed by atoms with Crippen molar-refractivity contribution < 1.29 is 9.53 Å². The molecule has 1 aliphatic rings. The van der Waals surface area contributed by atoms with Crippen molar-refractivity contribution in [3.8, 4) is 5.75 Å². The van der Waals surface area contributed by atoms with Gasteiger partial charge in [-0.2, -0.15) is 0 Å². The molecule has 0 bridgehead atoms. The Morgan fingerprint density at radius 3 is 2.69 bits per heavy atom. The number of carbonyl (C=O) groups excluding carboxylic acids is 1. The van der Waals surface area contributed by atoms with Gasteiger partial charge in [0.1, 0.15) is 12.4 Å². The Bertz CT molecular complexity index is 603. The Balaban J connectivity index is 1.78. The Labute approximate surface area is 158 Å². The quantitative estimate of drug-likeness (QED) is 0.411. The summed E-state index contributed by atoms with van der Waals surface area (Å²) in [5.74, 6) is 1.64. The number of benzene rings is 1. The predicted octanol–water partition coefficient (Wildman–Crippen LogP) is 5.47. The molecule has 1 aliphatic carbocycles. The van der Waals surface area contributed by atoms with E-state index in [1.54, 1.807) is 11.9 Å². The van der Waals surface area contributed by atoms with Crippen molar-refractivity contribution in [1.29, 1.82) is 0 Å². The van der Waals surface area contributed by atoms with Crippen molar-refractivity contribution in [2.45, 2.75) is 51.9 Å². The Hall–Kier alpha value is -2.03. The van der Waals surface area contributed by atoms with Crippen molar-refractivity contribution in [1.82, 2.24) is 4.90 Å². The van der Waals surface area contributed by atoms with Crippen LogP contribution >= 0.6 is 0 Å². The highest BCUT2D eigenvalue weighted by Crippen LogP contribution is 2.33. The number of unbranched alkanes of at least 4 members (excludes halogenated alkanes) is 2. The minimum Gasteiger partial charge on any atom is -0.492 e. The maximum absolute atomic E-state index is 11.4. The summed E-state index contributed by atoms with van der Waals surface area (Å²) in [7, 11) is 1.75. The average molecular weight is 356 g/mol. The molecular weight excluding hydrogens is 322 g/mol. The number of hydrogen-bond donors (Lipinski definition) is 0. The van der Waals surface area contributed by atoms with E-state index in [0.717, 1.165) is 11.7 Å². The fourth-order valence-electron chi connectivity index (χ4n) is 3.43. The van der Waals surface area contributed by atoms with Gasteiger partial charge in [-0.25, -0.2) is 0 Å². The molecule has 1 amide bonds. The molecule has 3 heteroatoms.